The SMILES string of the molecule is COc1ccc(Nc2cc(C(=O)NC3CCCCCC3)nc(C)n2)cc1. The van der Waals surface area contributed by atoms with Gasteiger partial charge in [0.2, 0.25) is 0 Å². The van der Waals surface area contributed by atoms with Crippen LogP contribution in [0.1, 0.15) is 54.8 Å². The molecule has 1 saturated carbocycles. The Kier molecular flexibility index (Phi) is 6.04. The number of anilines is 2. The van der Waals surface area contributed by atoms with E-state index in [4.69, 9.17) is 4.74 Å². The highest BCUT2D eigenvalue weighted by molar-refractivity contribution is 5.93. The van der Waals surface area contributed by atoms with Crippen LogP contribution in [0, 0.1) is 6.92 Å². The first-order valence-electron chi connectivity index (χ1n) is 9.21. The minimum absolute atomic E-state index is 0.125. The lowest BCUT2D eigenvalue weighted by Crippen LogP contribution is -2.35. The highest BCUT2D eigenvalue weighted by Gasteiger charge is 2.17. The third-order valence-electron chi connectivity index (χ3n) is 4.62. The second-order valence-corrected chi connectivity index (χ2v) is 6.70. The monoisotopic (exact) mass is 354 g/mol. The fourth-order valence-corrected chi connectivity index (χ4v) is 3.25. The Morgan fingerprint density at radius 3 is 2.42 bits per heavy atom. The molecule has 138 valence electrons. The lowest BCUT2D eigenvalue weighted by molar-refractivity contribution is 0.0928. The molecule has 1 heterocycles. The van der Waals surface area contributed by atoms with Crippen LogP contribution in [0.2, 0.25) is 0 Å². The fourth-order valence-electron chi connectivity index (χ4n) is 3.25. The van der Waals surface area contributed by atoms with Gasteiger partial charge < -0.3 is 15.4 Å². The molecule has 26 heavy (non-hydrogen) atoms. The number of hydrogen-bond donors (Lipinski definition) is 2. The van der Waals surface area contributed by atoms with E-state index in [1.165, 1.54) is 25.7 Å². The number of benzene rings is 1. The zero-order valence-electron chi connectivity index (χ0n) is 15.4. The highest BCUT2D eigenvalue weighted by atomic mass is 16.5. The van der Waals surface area contributed by atoms with Gasteiger partial charge in [0.05, 0.1) is 7.11 Å². The van der Waals surface area contributed by atoms with Crippen molar-refractivity contribution in [2.45, 2.75) is 51.5 Å². The third-order valence-corrected chi connectivity index (χ3v) is 4.62. The molecule has 1 fully saturated rings. The van der Waals surface area contributed by atoms with Gasteiger partial charge in [0.25, 0.3) is 5.91 Å². The second kappa shape index (κ2) is 8.65. The van der Waals surface area contributed by atoms with E-state index in [1.54, 1.807) is 20.1 Å². The molecule has 0 spiro atoms. The number of rotatable bonds is 5. The summed E-state index contributed by atoms with van der Waals surface area (Å²) in [5.74, 6) is 1.83. The van der Waals surface area contributed by atoms with Gasteiger partial charge in [-0.1, -0.05) is 25.7 Å². The Bertz CT molecular complexity index is 738. The minimum Gasteiger partial charge on any atom is -0.497 e. The van der Waals surface area contributed by atoms with E-state index in [0.29, 0.717) is 17.3 Å². The zero-order valence-corrected chi connectivity index (χ0v) is 15.4. The normalized spacial score (nSPS) is 15.2. The average Bonchev–Trinajstić information content (AvgIpc) is 2.90. The fraction of sp³-hybridized carbons (Fsp3) is 0.450. The van der Waals surface area contributed by atoms with Crippen molar-refractivity contribution in [1.29, 1.82) is 0 Å². The van der Waals surface area contributed by atoms with E-state index in [1.807, 2.05) is 24.3 Å². The summed E-state index contributed by atoms with van der Waals surface area (Å²) in [6.07, 6.45) is 6.97. The summed E-state index contributed by atoms with van der Waals surface area (Å²) in [7, 11) is 1.63. The maximum Gasteiger partial charge on any atom is 0.270 e. The lowest BCUT2D eigenvalue weighted by atomic mass is 10.1. The minimum atomic E-state index is -0.125. The molecule has 2 N–H and O–H groups in total. The summed E-state index contributed by atoms with van der Waals surface area (Å²) in [6.45, 7) is 1.79. The summed E-state index contributed by atoms with van der Waals surface area (Å²) in [6, 6.07) is 9.50. The first kappa shape index (κ1) is 18.2. The van der Waals surface area contributed by atoms with Crippen LogP contribution in [0.3, 0.4) is 0 Å². The Balaban J connectivity index is 1.70. The Hall–Kier alpha value is -2.63. The molecule has 0 atom stereocenters. The van der Waals surface area contributed by atoms with Gasteiger partial charge in [-0.25, -0.2) is 9.97 Å². The second-order valence-electron chi connectivity index (χ2n) is 6.70. The quantitative estimate of drug-likeness (QED) is 0.794. The molecule has 2 aromatic rings. The van der Waals surface area contributed by atoms with Gasteiger partial charge in [-0.3, -0.25) is 4.79 Å². The summed E-state index contributed by atoms with van der Waals surface area (Å²) < 4.78 is 5.16. The van der Waals surface area contributed by atoms with Crippen LogP contribution in [0.15, 0.2) is 30.3 Å². The zero-order chi connectivity index (χ0) is 18.4. The molecule has 0 radical (unpaired) electrons. The van der Waals surface area contributed by atoms with Crippen LogP contribution in [0.25, 0.3) is 0 Å². The van der Waals surface area contributed by atoms with Gasteiger partial charge in [-0.15, -0.1) is 0 Å². The molecule has 0 bridgehead atoms. The molecule has 1 aromatic carbocycles. The molecular formula is C20H26N4O2. The number of aryl methyl sites for hydroxylation is 1. The number of nitrogens with zero attached hydrogens (tertiary/aromatic N) is 2. The third kappa shape index (κ3) is 4.94. The summed E-state index contributed by atoms with van der Waals surface area (Å²) in [5.41, 5.74) is 1.27. The van der Waals surface area contributed by atoms with Gasteiger partial charge in [-0.05, 0) is 44.0 Å². The van der Waals surface area contributed by atoms with Gasteiger partial charge in [-0.2, -0.15) is 0 Å². The largest absolute Gasteiger partial charge is 0.497 e. The number of amides is 1. The topological polar surface area (TPSA) is 76.1 Å². The van der Waals surface area contributed by atoms with Crippen LogP contribution in [-0.2, 0) is 0 Å². The molecule has 6 nitrogen and oxygen atoms in total. The molecule has 1 amide bonds. The molecule has 1 aliphatic carbocycles. The molecule has 3 rings (SSSR count). The van der Waals surface area contributed by atoms with Gasteiger partial charge in [0.15, 0.2) is 0 Å². The van der Waals surface area contributed by atoms with Crippen LogP contribution in [-0.4, -0.2) is 29.0 Å². The number of carbonyl (C=O) groups excluding carboxylic acids is 1. The van der Waals surface area contributed by atoms with Crippen LogP contribution in [0.4, 0.5) is 11.5 Å². The molecule has 0 unspecified atom stereocenters. The van der Waals surface area contributed by atoms with Gasteiger partial charge >= 0.3 is 0 Å². The lowest BCUT2D eigenvalue weighted by Gasteiger charge is -2.16. The van der Waals surface area contributed by atoms with E-state index in [-0.39, 0.29) is 11.9 Å². The number of hydrogen-bond acceptors (Lipinski definition) is 5. The summed E-state index contributed by atoms with van der Waals surface area (Å²) in [5, 5.41) is 6.35. The molecule has 1 aromatic heterocycles. The van der Waals surface area contributed by atoms with E-state index in [2.05, 4.69) is 20.6 Å². The van der Waals surface area contributed by atoms with E-state index in [9.17, 15) is 4.79 Å². The van der Waals surface area contributed by atoms with Crippen molar-refractivity contribution in [1.82, 2.24) is 15.3 Å². The van der Waals surface area contributed by atoms with E-state index >= 15 is 0 Å². The maximum absolute atomic E-state index is 12.6. The smallest absolute Gasteiger partial charge is 0.270 e. The van der Waals surface area contributed by atoms with Crippen LogP contribution in [0.5, 0.6) is 5.75 Å². The Morgan fingerprint density at radius 2 is 1.77 bits per heavy atom. The van der Waals surface area contributed by atoms with Crippen molar-refractivity contribution >= 4 is 17.4 Å². The Morgan fingerprint density at radius 1 is 1.08 bits per heavy atom. The number of aromatic nitrogens is 2. The maximum atomic E-state index is 12.6. The number of nitrogens with one attached hydrogen (secondary N) is 2. The van der Waals surface area contributed by atoms with Crippen LogP contribution < -0.4 is 15.4 Å². The van der Waals surface area contributed by atoms with Crippen molar-refractivity contribution < 1.29 is 9.53 Å². The summed E-state index contributed by atoms with van der Waals surface area (Å²) >= 11 is 0. The molecule has 1 aliphatic rings. The molecule has 0 saturated heterocycles. The molecule has 6 heteroatoms. The van der Waals surface area contributed by atoms with Gasteiger partial charge in [0, 0.05) is 17.8 Å². The predicted octanol–water partition coefficient (Wildman–Crippen LogP) is 3.99. The van der Waals surface area contributed by atoms with Crippen molar-refractivity contribution in [3.8, 4) is 5.75 Å². The number of ether oxygens (including phenoxy) is 1. The van der Waals surface area contributed by atoms with Crippen molar-refractivity contribution in [2.75, 3.05) is 12.4 Å². The van der Waals surface area contributed by atoms with E-state index < -0.39 is 0 Å². The molecular weight excluding hydrogens is 328 g/mol. The Labute approximate surface area is 154 Å². The van der Waals surface area contributed by atoms with Crippen molar-refractivity contribution in [2.24, 2.45) is 0 Å². The van der Waals surface area contributed by atoms with Crippen molar-refractivity contribution in [3.63, 3.8) is 0 Å². The molecule has 0 aliphatic heterocycles. The number of methoxy groups -OCH3 is 1. The van der Waals surface area contributed by atoms with Crippen LogP contribution >= 0.6 is 0 Å². The highest BCUT2D eigenvalue weighted by Crippen LogP contribution is 2.20. The first-order valence-corrected chi connectivity index (χ1v) is 9.21. The summed E-state index contributed by atoms with van der Waals surface area (Å²) in [4.78, 5) is 21.3. The van der Waals surface area contributed by atoms with Gasteiger partial charge in [0.1, 0.15) is 23.1 Å². The first-order chi connectivity index (χ1) is 12.6. The average molecular weight is 354 g/mol. The van der Waals surface area contributed by atoms with E-state index in [0.717, 1.165) is 24.3 Å². The standard InChI is InChI=1S/C20H26N4O2/c1-14-21-18(20(25)24-15-7-5-3-4-6-8-15)13-19(22-14)23-16-9-11-17(26-2)12-10-16/h9-13,15H,3-8H2,1-2H3,(H,24,25)(H,21,22,23). The number of carbonyl (C=O) groups is 1. The predicted molar refractivity (Wildman–Crippen MR) is 102 cm³/mol. The van der Waals surface area contributed by atoms with Crippen molar-refractivity contribution in [3.05, 3.63) is 41.9 Å².